The Bertz CT molecular complexity index is 402. The molecule has 2 heteroatoms. The van der Waals surface area contributed by atoms with E-state index >= 15 is 0 Å². The molecule has 0 bridgehead atoms. The van der Waals surface area contributed by atoms with Gasteiger partial charge in [-0.1, -0.05) is 45.9 Å². The van der Waals surface area contributed by atoms with E-state index in [2.05, 4.69) is 37.1 Å². The van der Waals surface area contributed by atoms with E-state index in [-0.39, 0.29) is 0 Å². The molecule has 0 atom stereocenters. The van der Waals surface area contributed by atoms with Crippen molar-refractivity contribution >= 4 is 0 Å². The van der Waals surface area contributed by atoms with Crippen LogP contribution < -0.4 is 0 Å². The Morgan fingerprint density at radius 3 is 2.19 bits per heavy atom. The predicted molar refractivity (Wildman–Crippen MR) is 69.0 cm³/mol. The third-order valence-corrected chi connectivity index (χ3v) is 2.26. The highest BCUT2D eigenvalue weighted by Crippen LogP contribution is 2.17. The van der Waals surface area contributed by atoms with Gasteiger partial charge >= 0.3 is 0 Å². The van der Waals surface area contributed by atoms with Gasteiger partial charge in [0.15, 0.2) is 0 Å². The second kappa shape index (κ2) is 6.11. The molecule has 0 spiro atoms. The standard InChI is InChI=1S/C12H14N2.C2H6/c1-10(2)12-8-9-13-14(12)11-6-4-3-5-7-11;1-2/h3-10H,1-2H3;1-2H3. The minimum Gasteiger partial charge on any atom is -0.238 e. The van der Waals surface area contributed by atoms with E-state index in [1.807, 2.05) is 42.9 Å². The number of benzene rings is 1. The van der Waals surface area contributed by atoms with Gasteiger partial charge in [0.2, 0.25) is 0 Å². The van der Waals surface area contributed by atoms with Gasteiger partial charge in [-0.3, -0.25) is 0 Å². The Balaban J connectivity index is 0.000000606. The maximum atomic E-state index is 4.32. The van der Waals surface area contributed by atoms with Crippen LogP contribution in [0.5, 0.6) is 0 Å². The van der Waals surface area contributed by atoms with Crippen LogP contribution in [0.25, 0.3) is 5.69 Å². The normalized spacial score (nSPS) is 9.81. The van der Waals surface area contributed by atoms with Crippen LogP contribution in [0.1, 0.15) is 39.3 Å². The van der Waals surface area contributed by atoms with E-state index in [9.17, 15) is 0 Å². The second-order valence-electron chi connectivity index (χ2n) is 3.66. The molecule has 0 unspecified atom stereocenters. The number of hydrogen-bond donors (Lipinski definition) is 0. The second-order valence-corrected chi connectivity index (χ2v) is 3.66. The first kappa shape index (κ1) is 12.5. The number of rotatable bonds is 2. The topological polar surface area (TPSA) is 17.8 Å². The molecule has 0 radical (unpaired) electrons. The molecule has 0 amide bonds. The molecule has 1 aromatic carbocycles. The van der Waals surface area contributed by atoms with Crippen molar-refractivity contribution in [2.24, 2.45) is 0 Å². The molecule has 0 aliphatic rings. The van der Waals surface area contributed by atoms with Crippen molar-refractivity contribution in [2.75, 3.05) is 0 Å². The van der Waals surface area contributed by atoms with Crippen molar-refractivity contribution in [1.29, 1.82) is 0 Å². The van der Waals surface area contributed by atoms with E-state index in [4.69, 9.17) is 0 Å². The zero-order chi connectivity index (χ0) is 12.0. The largest absolute Gasteiger partial charge is 0.238 e. The lowest BCUT2D eigenvalue weighted by molar-refractivity contribution is 0.734. The molecular formula is C14H20N2. The monoisotopic (exact) mass is 216 g/mol. The Morgan fingerprint density at radius 2 is 1.62 bits per heavy atom. The van der Waals surface area contributed by atoms with Gasteiger partial charge in [-0.05, 0) is 24.1 Å². The highest BCUT2D eigenvalue weighted by atomic mass is 15.3. The average molecular weight is 216 g/mol. The molecule has 0 aliphatic carbocycles. The first-order valence-corrected chi connectivity index (χ1v) is 5.88. The third kappa shape index (κ3) is 2.72. The van der Waals surface area contributed by atoms with Gasteiger partial charge in [0.25, 0.3) is 0 Å². The highest BCUT2D eigenvalue weighted by molar-refractivity contribution is 5.32. The molecule has 2 nitrogen and oxygen atoms in total. The quantitative estimate of drug-likeness (QED) is 0.741. The number of para-hydroxylation sites is 1. The Morgan fingerprint density at radius 1 is 1.00 bits per heavy atom. The summed E-state index contributed by atoms with van der Waals surface area (Å²) in [5.41, 5.74) is 2.37. The van der Waals surface area contributed by atoms with Gasteiger partial charge in [-0.2, -0.15) is 5.10 Å². The minimum atomic E-state index is 0.498. The van der Waals surface area contributed by atoms with Crippen molar-refractivity contribution in [3.63, 3.8) is 0 Å². The third-order valence-electron chi connectivity index (χ3n) is 2.26. The van der Waals surface area contributed by atoms with E-state index in [0.29, 0.717) is 5.92 Å². The first-order valence-electron chi connectivity index (χ1n) is 5.88. The van der Waals surface area contributed by atoms with Gasteiger partial charge in [0, 0.05) is 11.9 Å². The van der Waals surface area contributed by atoms with Crippen molar-refractivity contribution < 1.29 is 0 Å². The van der Waals surface area contributed by atoms with Crippen molar-refractivity contribution in [1.82, 2.24) is 9.78 Å². The average Bonchev–Trinajstić information content (AvgIpc) is 2.82. The fraction of sp³-hybridized carbons (Fsp3) is 0.357. The molecule has 2 aromatic rings. The molecule has 0 saturated carbocycles. The lowest BCUT2D eigenvalue weighted by Crippen LogP contribution is -2.02. The van der Waals surface area contributed by atoms with E-state index in [1.165, 1.54) is 5.69 Å². The summed E-state index contributed by atoms with van der Waals surface area (Å²) in [5.74, 6) is 0.498. The molecule has 2 rings (SSSR count). The summed E-state index contributed by atoms with van der Waals surface area (Å²) < 4.78 is 1.99. The zero-order valence-corrected chi connectivity index (χ0v) is 10.5. The van der Waals surface area contributed by atoms with E-state index < -0.39 is 0 Å². The van der Waals surface area contributed by atoms with E-state index in [0.717, 1.165) is 5.69 Å². The fourth-order valence-electron chi connectivity index (χ4n) is 1.54. The maximum absolute atomic E-state index is 4.32. The van der Waals surface area contributed by atoms with Crippen LogP contribution in [-0.4, -0.2) is 9.78 Å². The summed E-state index contributed by atoms with van der Waals surface area (Å²) in [6.45, 7) is 8.35. The Labute approximate surface area is 97.9 Å². The van der Waals surface area contributed by atoms with Crippen LogP contribution in [0.15, 0.2) is 42.6 Å². The predicted octanol–water partition coefficient (Wildman–Crippen LogP) is 4.02. The molecule has 1 heterocycles. The van der Waals surface area contributed by atoms with Gasteiger partial charge < -0.3 is 0 Å². The molecule has 0 fully saturated rings. The summed E-state index contributed by atoms with van der Waals surface area (Å²) in [6, 6.07) is 12.3. The number of hydrogen-bond acceptors (Lipinski definition) is 1. The summed E-state index contributed by atoms with van der Waals surface area (Å²) in [5, 5.41) is 4.32. The van der Waals surface area contributed by atoms with E-state index in [1.54, 1.807) is 0 Å². The first-order chi connectivity index (χ1) is 7.79. The minimum absolute atomic E-state index is 0.498. The highest BCUT2D eigenvalue weighted by Gasteiger charge is 2.07. The summed E-state index contributed by atoms with van der Waals surface area (Å²) >= 11 is 0. The van der Waals surface area contributed by atoms with Gasteiger partial charge in [0.1, 0.15) is 0 Å². The molecule has 0 saturated heterocycles. The fourth-order valence-corrected chi connectivity index (χ4v) is 1.54. The summed E-state index contributed by atoms with van der Waals surface area (Å²) in [7, 11) is 0. The number of aromatic nitrogens is 2. The van der Waals surface area contributed by atoms with Gasteiger partial charge in [-0.25, -0.2) is 4.68 Å². The van der Waals surface area contributed by atoms with Crippen LogP contribution >= 0.6 is 0 Å². The Hall–Kier alpha value is -1.57. The van der Waals surface area contributed by atoms with Gasteiger partial charge in [-0.15, -0.1) is 0 Å². The van der Waals surface area contributed by atoms with Gasteiger partial charge in [0.05, 0.1) is 5.69 Å². The van der Waals surface area contributed by atoms with Crippen LogP contribution in [0.2, 0.25) is 0 Å². The lowest BCUT2D eigenvalue weighted by Gasteiger charge is -2.09. The Kier molecular flexibility index (Phi) is 4.77. The SMILES string of the molecule is CC.CC(C)c1ccnn1-c1ccccc1. The molecule has 0 N–H and O–H groups in total. The summed E-state index contributed by atoms with van der Waals surface area (Å²) in [4.78, 5) is 0. The smallest absolute Gasteiger partial charge is 0.0648 e. The van der Waals surface area contributed by atoms with Crippen LogP contribution in [0.4, 0.5) is 0 Å². The van der Waals surface area contributed by atoms with Crippen molar-refractivity contribution in [3.8, 4) is 5.69 Å². The maximum Gasteiger partial charge on any atom is 0.0648 e. The molecule has 1 aromatic heterocycles. The molecule has 0 aliphatic heterocycles. The summed E-state index contributed by atoms with van der Waals surface area (Å²) in [6.07, 6.45) is 1.85. The van der Waals surface area contributed by atoms with Crippen molar-refractivity contribution in [2.45, 2.75) is 33.6 Å². The molecule has 16 heavy (non-hydrogen) atoms. The van der Waals surface area contributed by atoms with Crippen molar-refractivity contribution in [3.05, 3.63) is 48.3 Å². The zero-order valence-electron chi connectivity index (χ0n) is 10.5. The molecule has 86 valence electrons. The molecular weight excluding hydrogens is 196 g/mol. The number of nitrogens with zero attached hydrogens (tertiary/aromatic N) is 2. The van der Waals surface area contributed by atoms with Crippen LogP contribution in [0.3, 0.4) is 0 Å². The van der Waals surface area contributed by atoms with Crippen LogP contribution in [0, 0.1) is 0 Å². The van der Waals surface area contributed by atoms with Crippen LogP contribution in [-0.2, 0) is 0 Å². The lowest BCUT2D eigenvalue weighted by atomic mass is 10.1.